The summed E-state index contributed by atoms with van der Waals surface area (Å²) >= 11 is 0. The Bertz CT molecular complexity index is 221. The Morgan fingerprint density at radius 2 is 2.07 bits per heavy atom. The maximum atomic E-state index is 10.3. The van der Waals surface area contributed by atoms with Gasteiger partial charge in [0.1, 0.15) is 6.04 Å². The average molecular weight is 238 g/mol. The normalized spacial score (nSPS) is 12.9. The van der Waals surface area contributed by atoms with Crippen LogP contribution in [0.3, 0.4) is 0 Å². The number of hydrogen-bond acceptors (Lipinski definition) is 3. The first-order valence-corrected chi connectivity index (χ1v) is 4.40. The summed E-state index contributed by atoms with van der Waals surface area (Å²) in [6.07, 6.45) is 1.04. The van der Waals surface area contributed by atoms with Crippen molar-refractivity contribution in [3.63, 3.8) is 0 Å². The van der Waals surface area contributed by atoms with Crippen molar-refractivity contribution in [3.8, 4) is 0 Å². The van der Waals surface area contributed by atoms with Gasteiger partial charge in [-0.05, 0) is 12.8 Å². The molecule has 0 aliphatic rings. The number of aliphatic imine (C=N–C) groups is 1. The fraction of sp³-hybridized carbons (Fsp3) is 0.750. The highest BCUT2D eigenvalue weighted by Gasteiger charge is 2.09. The fourth-order valence-electron chi connectivity index (χ4n) is 0.770. The van der Waals surface area contributed by atoms with E-state index < -0.39 is 12.0 Å². The van der Waals surface area contributed by atoms with Gasteiger partial charge in [-0.2, -0.15) is 0 Å². The van der Waals surface area contributed by atoms with E-state index in [1.165, 1.54) is 0 Å². The van der Waals surface area contributed by atoms with Crippen molar-refractivity contribution in [2.24, 2.45) is 16.5 Å². The first-order valence-electron chi connectivity index (χ1n) is 4.40. The second-order valence-electron chi connectivity index (χ2n) is 3.22. The summed E-state index contributed by atoms with van der Waals surface area (Å²) in [5, 5.41) is 8.48. The molecule has 0 bridgehead atoms. The second kappa shape index (κ2) is 8.31. The Hall–Kier alpha value is -1.01. The average Bonchev–Trinajstić information content (AvgIpc) is 2.11. The molecule has 1 atom stereocenters. The van der Waals surface area contributed by atoms with E-state index in [0.29, 0.717) is 25.3 Å². The number of guanidine groups is 1. The summed E-state index contributed by atoms with van der Waals surface area (Å²) in [6, 6.07) is -0.800. The molecule has 0 unspecified atom stereocenters. The zero-order chi connectivity index (χ0) is 11.1. The van der Waals surface area contributed by atoms with Gasteiger partial charge in [0.05, 0.1) is 0 Å². The molecule has 0 aliphatic heterocycles. The third-order valence-electron chi connectivity index (χ3n) is 1.72. The van der Waals surface area contributed by atoms with Crippen LogP contribution in [0, 0.1) is 0 Å². The highest BCUT2D eigenvalue weighted by molar-refractivity contribution is 5.77. The van der Waals surface area contributed by atoms with E-state index in [0.717, 1.165) is 0 Å². The Balaban J connectivity index is 0. The van der Waals surface area contributed by atoms with Crippen LogP contribution in [0.1, 0.15) is 12.8 Å². The molecule has 15 heavy (non-hydrogen) atoms. The molecule has 0 aromatic heterocycles. The molecule has 7 heteroatoms. The molecular weight excluding hydrogens is 220 g/mol. The lowest BCUT2D eigenvalue weighted by Gasteiger charge is -2.10. The number of halogens is 1. The molecule has 0 spiro atoms. The minimum atomic E-state index is -0.977. The number of hydrogen-bond donors (Lipinski definition) is 3. The van der Waals surface area contributed by atoms with Crippen molar-refractivity contribution in [1.29, 1.82) is 0 Å². The van der Waals surface area contributed by atoms with Gasteiger partial charge >= 0.3 is 5.97 Å². The minimum Gasteiger partial charge on any atom is -1.00 e. The SMILES string of the molecule is CN(C)C(N)=NCCC[C@H](N)C(=O)O.[Cl-]. The number of aliphatic carboxylic acids is 1. The van der Waals surface area contributed by atoms with Crippen molar-refractivity contribution >= 4 is 11.9 Å². The molecule has 0 saturated carbocycles. The number of carbonyl (C=O) groups is 1. The van der Waals surface area contributed by atoms with Gasteiger partial charge in [0.15, 0.2) is 5.96 Å². The Labute approximate surface area is 95.7 Å². The van der Waals surface area contributed by atoms with Gasteiger partial charge in [-0.1, -0.05) is 0 Å². The minimum absolute atomic E-state index is 0. The van der Waals surface area contributed by atoms with E-state index in [1.54, 1.807) is 19.0 Å². The van der Waals surface area contributed by atoms with Crippen molar-refractivity contribution < 1.29 is 22.3 Å². The molecule has 0 aliphatic carbocycles. The lowest BCUT2D eigenvalue weighted by Crippen LogP contribution is -3.00. The molecule has 0 aromatic carbocycles. The summed E-state index contributed by atoms with van der Waals surface area (Å²) in [6.45, 7) is 0.505. The van der Waals surface area contributed by atoms with E-state index in [4.69, 9.17) is 16.6 Å². The van der Waals surface area contributed by atoms with Gasteiger partial charge in [-0.25, -0.2) is 0 Å². The van der Waals surface area contributed by atoms with Gasteiger partial charge in [0.25, 0.3) is 0 Å². The van der Waals surface area contributed by atoms with Crippen LogP contribution in [0.2, 0.25) is 0 Å². The number of carboxylic acids is 1. The van der Waals surface area contributed by atoms with E-state index in [9.17, 15) is 4.79 Å². The Morgan fingerprint density at radius 3 is 2.47 bits per heavy atom. The van der Waals surface area contributed by atoms with Crippen LogP contribution in [0.15, 0.2) is 4.99 Å². The monoisotopic (exact) mass is 237 g/mol. The molecule has 0 saturated heterocycles. The van der Waals surface area contributed by atoms with Gasteiger partial charge in [-0.15, -0.1) is 0 Å². The van der Waals surface area contributed by atoms with Crippen molar-refractivity contribution in [2.45, 2.75) is 18.9 Å². The lowest BCUT2D eigenvalue weighted by molar-refractivity contribution is -0.138. The largest absolute Gasteiger partial charge is 1.00 e. The van der Waals surface area contributed by atoms with Gasteiger partial charge in [-0.3, -0.25) is 9.79 Å². The first-order chi connectivity index (χ1) is 6.45. The first kappa shape index (κ1) is 16.4. The van der Waals surface area contributed by atoms with E-state index in [1.807, 2.05) is 0 Å². The highest BCUT2D eigenvalue weighted by atomic mass is 35.5. The standard InChI is InChI=1S/C8H18N4O2.ClH/c1-12(2)8(10)11-5-3-4-6(9)7(13)14;/h6H,3-5,9H2,1-2H3,(H2,10,11)(H,13,14);1H/p-1/t6-;/m0./s1. The molecule has 0 aromatic rings. The van der Waals surface area contributed by atoms with Crippen molar-refractivity contribution in [3.05, 3.63) is 0 Å². The smallest absolute Gasteiger partial charge is 0.320 e. The van der Waals surface area contributed by atoms with Crippen LogP contribution < -0.4 is 23.9 Å². The lowest BCUT2D eigenvalue weighted by atomic mass is 10.2. The molecule has 0 fully saturated rings. The Kier molecular flexibility index (Phi) is 9.10. The third-order valence-corrected chi connectivity index (χ3v) is 1.72. The zero-order valence-corrected chi connectivity index (χ0v) is 9.74. The maximum absolute atomic E-state index is 10.3. The number of nitrogens with zero attached hydrogens (tertiary/aromatic N) is 2. The predicted molar refractivity (Wildman–Crippen MR) is 55.0 cm³/mol. The fourth-order valence-corrected chi connectivity index (χ4v) is 0.770. The van der Waals surface area contributed by atoms with Crippen molar-refractivity contribution in [2.75, 3.05) is 20.6 Å². The van der Waals surface area contributed by atoms with Gasteiger partial charge in [0, 0.05) is 20.6 Å². The summed E-state index contributed by atoms with van der Waals surface area (Å²) in [4.78, 5) is 16.1. The van der Waals surface area contributed by atoms with Crippen molar-refractivity contribution in [1.82, 2.24) is 4.90 Å². The molecule has 0 radical (unpaired) electrons. The molecule has 6 nitrogen and oxygen atoms in total. The molecule has 0 rings (SSSR count). The predicted octanol–water partition coefficient (Wildman–Crippen LogP) is -3.94. The van der Waals surface area contributed by atoms with Crippen LogP contribution >= 0.6 is 0 Å². The van der Waals surface area contributed by atoms with Crippen LogP contribution in [-0.2, 0) is 4.79 Å². The molecule has 0 amide bonds. The molecule has 0 heterocycles. The van der Waals surface area contributed by atoms with E-state index >= 15 is 0 Å². The third kappa shape index (κ3) is 8.02. The number of carboxylic acid groups (broad SMARTS) is 1. The summed E-state index contributed by atoms with van der Waals surface area (Å²) in [5.74, 6) is -0.538. The van der Waals surface area contributed by atoms with Crippen LogP contribution in [0.25, 0.3) is 0 Å². The van der Waals surface area contributed by atoms with Crippen LogP contribution in [0.4, 0.5) is 0 Å². The number of nitrogens with two attached hydrogens (primary N) is 2. The summed E-state index contributed by atoms with van der Waals surface area (Å²) < 4.78 is 0. The van der Waals surface area contributed by atoms with E-state index in [-0.39, 0.29) is 12.4 Å². The molecular formula is C8H18ClN4O2-. The second-order valence-corrected chi connectivity index (χ2v) is 3.22. The Morgan fingerprint density at radius 1 is 1.53 bits per heavy atom. The van der Waals surface area contributed by atoms with Gasteiger partial charge in [0.2, 0.25) is 0 Å². The van der Waals surface area contributed by atoms with Crippen LogP contribution in [-0.4, -0.2) is 48.6 Å². The van der Waals surface area contributed by atoms with Gasteiger partial charge < -0.3 is 33.9 Å². The zero-order valence-electron chi connectivity index (χ0n) is 8.98. The molecule has 5 N–H and O–H groups in total. The maximum Gasteiger partial charge on any atom is 0.320 e. The summed E-state index contributed by atoms with van der Waals surface area (Å²) in [7, 11) is 3.59. The molecule has 90 valence electrons. The van der Waals surface area contributed by atoms with E-state index in [2.05, 4.69) is 4.99 Å². The topological polar surface area (TPSA) is 105 Å². The number of rotatable bonds is 5. The quantitative estimate of drug-likeness (QED) is 0.257. The summed E-state index contributed by atoms with van der Waals surface area (Å²) in [5.41, 5.74) is 10.8. The van der Waals surface area contributed by atoms with Crippen LogP contribution in [0.5, 0.6) is 0 Å². The highest BCUT2D eigenvalue weighted by Crippen LogP contribution is 1.95.